The van der Waals surface area contributed by atoms with Gasteiger partial charge < -0.3 is 5.73 Å². The van der Waals surface area contributed by atoms with Crippen LogP contribution in [-0.4, -0.2) is 29.0 Å². The summed E-state index contributed by atoms with van der Waals surface area (Å²) in [6, 6.07) is 4.18. The van der Waals surface area contributed by atoms with Crippen molar-refractivity contribution in [2.45, 2.75) is 44.7 Å². The summed E-state index contributed by atoms with van der Waals surface area (Å²) in [5.41, 5.74) is 7.61. The number of hydrogen-bond donors (Lipinski definition) is 1. The Morgan fingerprint density at radius 2 is 1.94 bits per heavy atom. The molecule has 1 heterocycles. The molecule has 0 bridgehead atoms. The summed E-state index contributed by atoms with van der Waals surface area (Å²) in [4.78, 5) is 6.52. The quantitative estimate of drug-likeness (QED) is 0.888. The molecular formula is C15H25N3. The Morgan fingerprint density at radius 3 is 2.50 bits per heavy atom. The number of rotatable bonds is 4. The molecule has 0 radical (unpaired) electrons. The highest BCUT2D eigenvalue weighted by Gasteiger charge is 2.36. The smallest absolute Gasteiger partial charge is 0.0332 e. The minimum atomic E-state index is 0.204. The summed E-state index contributed by atoms with van der Waals surface area (Å²) in [5, 5.41) is 0. The highest BCUT2D eigenvalue weighted by molar-refractivity contribution is 5.10. The largest absolute Gasteiger partial charge is 0.329 e. The number of pyridine rings is 1. The van der Waals surface area contributed by atoms with E-state index >= 15 is 0 Å². The number of likely N-dealkylation sites (N-methyl/N-ethyl adjacent to an activating group) is 1. The molecule has 0 aromatic carbocycles. The van der Waals surface area contributed by atoms with Gasteiger partial charge in [-0.05, 0) is 56.3 Å². The summed E-state index contributed by atoms with van der Waals surface area (Å²) < 4.78 is 0. The monoisotopic (exact) mass is 247 g/mol. The van der Waals surface area contributed by atoms with Crippen LogP contribution in [0.1, 0.15) is 38.2 Å². The van der Waals surface area contributed by atoms with E-state index in [1.165, 1.54) is 31.2 Å². The van der Waals surface area contributed by atoms with Crippen molar-refractivity contribution in [2.75, 3.05) is 13.6 Å². The van der Waals surface area contributed by atoms with Crippen LogP contribution in [0.4, 0.5) is 0 Å². The predicted octanol–water partition coefficient (Wildman–Crippen LogP) is 2.42. The van der Waals surface area contributed by atoms with Gasteiger partial charge in [-0.1, -0.05) is 6.92 Å². The third kappa shape index (κ3) is 2.90. The van der Waals surface area contributed by atoms with Crippen LogP contribution in [0.5, 0.6) is 0 Å². The molecular weight excluding hydrogens is 222 g/mol. The molecule has 1 aliphatic rings. The average Bonchev–Trinajstić information content (AvgIpc) is 2.41. The van der Waals surface area contributed by atoms with Gasteiger partial charge in [-0.25, -0.2) is 0 Å². The number of nitrogens with two attached hydrogens (primary N) is 1. The standard InChI is InChI=1S/C15H25N3/c1-13-3-7-15(12-16,8-4-13)18(2)11-14-5-9-17-10-6-14/h5-6,9-10,13H,3-4,7-8,11-12,16H2,1-2H3. The minimum Gasteiger partial charge on any atom is -0.329 e. The van der Waals surface area contributed by atoms with Gasteiger partial charge in [-0.3, -0.25) is 9.88 Å². The zero-order chi connectivity index (χ0) is 13.0. The molecule has 3 heteroatoms. The first kappa shape index (κ1) is 13.5. The van der Waals surface area contributed by atoms with Crippen molar-refractivity contribution in [1.29, 1.82) is 0 Å². The molecule has 100 valence electrons. The molecule has 1 saturated carbocycles. The Morgan fingerprint density at radius 1 is 1.33 bits per heavy atom. The molecule has 0 spiro atoms. The van der Waals surface area contributed by atoms with Crippen molar-refractivity contribution in [3.63, 3.8) is 0 Å². The Labute approximate surface area is 110 Å². The van der Waals surface area contributed by atoms with E-state index in [0.29, 0.717) is 0 Å². The van der Waals surface area contributed by atoms with Gasteiger partial charge in [0.25, 0.3) is 0 Å². The normalized spacial score (nSPS) is 28.6. The van der Waals surface area contributed by atoms with Crippen molar-refractivity contribution < 1.29 is 0 Å². The zero-order valence-electron chi connectivity index (χ0n) is 11.6. The van der Waals surface area contributed by atoms with Gasteiger partial charge in [0.05, 0.1) is 0 Å². The molecule has 2 N–H and O–H groups in total. The Bertz CT molecular complexity index is 355. The molecule has 1 aliphatic carbocycles. The highest BCUT2D eigenvalue weighted by Crippen LogP contribution is 2.35. The second-order valence-corrected chi connectivity index (χ2v) is 5.82. The van der Waals surface area contributed by atoms with Crippen molar-refractivity contribution in [2.24, 2.45) is 11.7 Å². The maximum atomic E-state index is 6.08. The topological polar surface area (TPSA) is 42.1 Å². The predicted molar refractivity (Wildman–Crippen MR) is 75.1 cm³/mol. The molecule has 0 amide bonds. The molecule has 1 aromatic heterocycles. The fourth-order valence-electron chi connectivity index (χ4n) is 2.97. The molecule has 0 unspecified atom stereocenters. The summed E-state index contributed by atoms with van der Waals surface area (Å²) in [6.45, 7) is 4.08. The second-order valence-electron chi connectivity index (χ2n) is 5.82. The minimum absolute atomic E-state index is 0.204. The molecule has 1 fully saturated rings. The first-order chi connectivity index (χ1) is 8.66. The summed E-state index contributed by atoms with van der Waals surface area (Å²) in [7, 11) is 2.21. The lowest BCUT2D eigenvalue weighted by Crippen LogP contribution is -2.53. The Balaban J connectivity index is 2.03. The first-order valence-electron chi connectivity index (χ1n) is 6.96. The van der Waals surface area contributed by atoms with Crippen molar-refractivity contribution in [1.82, 2.24) is 9.88 Å². The fraction of sp³-hybridized carbons (Fsp3) is 0.667. The lowest BCUT2D eigenvalue weighted by atomic mass is 9.76. The lowest BCUT2D eigenvalue weighted by molar-refractivity contribution is 0.0616. The molecule has 0 saturated heterocycles. The van der Waals surface area contributed by atoms with Crippen molar-refractivity contribution in [3.8, 4) is 0 Å². The van der Waals surface area contributed by atoms with Gasteiger partial charge in [-0.15, -0.1) is 0 Å². The average molecular weight is 247 g/mol. The van der Waals surface area contributed by atoms with Gasteiger partial charge in [0.1, 0.15) is 0 Å². The van der Waals surface area contributed by atoms with Crippen LogP contribution in [0, 0.1) is 5.92 Å². The van der Waals surface area contributed by atoms with Crippen LogP contribution in [0.25, 0.3) is 0 Å². The van der Waals surface area contributed by atoms with E-state index in [1.54, 1.807) is 0 Å². The summed E-state index contributed by atoms with van der Waals surface area (Å²) in [5.74, 6) is 0.860. The van der Waals surface area contributed by atoms with Crippen LogP contribution in [0.2, 0.25) is 0 Å². The van der Waals surface area contributed by atoms with Crippen LogP contribution >= 0.6 is 0 Å². The van der Waals surface area contributed by atoms with E-state index in [4.69, 9.17) is 5.73 Å². The second kappa shape index (κ2) is 5.81. The summed E-state index contributed by atoms with van der Waals surface area (Å²) >= 11 is 0. The van der Waals surface area contributed by atoms with E-state index < -0.39 is 0 Å². The number of nitrogens with zero attached hydrogens (tertiary/aromatic N) is 2. The van der Waals surface area contributed by atoms with Gasteiger partial charge in [0.15, 0.2) is 0 Å². The maximum Gasteiger partial charge on any atom is 0.0332 e. The van der Waals surface area contributed by atoms with Crippen molar-refractivity contribution in [3.05, 3.63) is 30.1 Å². The van der Waals surface area contributed by atoms with Crippen LogP contribution < -0.4 is 5.73 Å². The SMILES string of the molecule is CC1CCC(CN)(N(C)Cc2ccncc2)CC1. The van der Waals surface area contributed by atoms with Crippen LogP contribution in [-0.2, 0) is 6.54 Å². The van der Waals surface area contributed by atoms with Gasteiger partial charge in [0.2, 0.25) is 0 Å². The molecule has 0 atom stereocenters. The fourth-order valence-corrected chi connectivity index (χ4v) is 2.97. The van der Waals surface area contributed by atoms with Gasteiger partial charge >= 0.3 is 0 Å². The third-order valence-electron chi connectivity index (χ3n) is 4.56. The Hall–Kier alpha value is -0.930. The van der Waals surface area contributed by atoms with E-state index in [1.807, 2.05) is 12.4 Å². The number of hydrogen-bond acceptors (Lipinski definition) is 3. The first-order valence-corrected chi connectivity index (χ1v) is 6.96. The molecule has 2 rings (SSSR count). The lowest BCUT2D eigenvalue weighted by Gasteiger charge is -2.45. The van der Waals surface area contributed by atoms with Crippen LogP contribution in [0.3, 0.4) is 0 Å². The Kier molecular flexibility index (Phi) is 4.36. The summed E-state index contributed by atoms with van der Waals surface area (Å²) in [6.07, 6.45) is 8.79. The van der Waals surface area contributed by atoms with Crippen molar-refractivity contribution >= 4 is 0 Å². The van der Waals surface area contributed by atoms with Gasteiger partial charge in [0, 0.05) is 31.0 Å². The van der Waals surface area contributed by atoms with E-state index in [9.17, 15) is 0 Å². The molecule has 3 nitrogen and oxygen atoms in total. The maximum absolute atomic E-state index is 6.08. The van der Waals surface area contributed by atoms with E-state index in [2.05, 4.69) is 36.0 Å². The molecule has 0 aliphatic heterocycles. The molecule has 1 aromatic rings. The molecule has 18 heavy (non-hydrogen) atoms. The van der Waals surface area contributed by atoms with Gasteiger partial charge in [-0.2, -0.15) is 0 Å². The van der Waals surface area contributed by atoms with Crippen LogP contribution in [0.15, 0.2) is 24.5 Å². The van der Waals surface area contributed by atoms with E-state index in [-0.39, 0.29) is 5.54 Å². The third-order valence-corrected chi connectivity index (χ3v) is 4.56. The highest BCUT2D eigenvalue weighted by atomic mass is 15.2. The van der Waals surface area contributed by atoms with E-state index in [0.717, 1.165) is 19.0 Å². The number of aromatic nitrogens is 1. The zero-order valence-corrected chi connectivity index (χ0v) is 11.6.